The van der Waals surface area contributed by atoms with Crippen molar-refractivity contribution >= 4 is 11.8 Å². The number of halogens is 4. The summed E-state index contributed by atoms with van der Waals surface area (Å²) in [5.74, 6) is -2.62. The number of carbonyl (C=O) groups excluding carboxylic acids is 2. The number of nitrogens with zero attached hydrogens (tertiary/aromatic N) is 3. The monoisotopic (exact) mass is 568 g/mol. The summed E-state index contributed by atoms with van der Waals surface area (Å²) < 4.78 is 58.6. The lowest BCUT2D eigenvalue weighted by atomic mass is 9.85. The van der Waals surface area contributed by atoms with E-state index in [1.54, 1.807) is 0 Å². The van der Waals surface area contributed by atoms with Gasteiger partial charge in [-0.2, -0.15) is 5.26 Å². The molecule has 1 fully saturated rings. The molecule has 11 heteroatoms. The first-order valence-corrected chi connectivity index (χ1v) is 12.8. The highest BCUT2D eigenvalue weighted by atomic mass is 19.4. The fourth-order valence-electron chi connectivity index (χ4n) is 4.91. The number of benzene rings is 3. The average molecular weight is 569 g/mol. The van der Waals surface area contributed by atoms with Crippen molar-refractivity contribution in [1.29, 1.82) is 5.26 Å². The second-order valence-corrected chi connectivity index (χ2v) is 9.92. The van der Waals surface area contributed by atoms with E-state index in [9.17, 15) is 27.2 Å². The number of nitriles is 1. The third-order valence-electron chi connectivity index (χ3n) is 6.97. The molecule has 0 saturated carbocycles. The molecule has 1 aliphatic rings. The molecule has 3 aromatic carbocycles. The summed E-state index contributed by atoms with van der Waals surface area (Å²) in [5.41, 5.74) is 1.62. The van der Waals surface area contributed by atoms with E-state index in [-0.39, 0.29) is 48.3 Å². The van der Waals surface area contributed by atoms with Gasteiger partial charge in [0.05, 0.1) is 11.6 Å². The number of ether oxygens (including phenoxy) is 1. The van der Waals surface area contributed by atoms with Crippen LogP contribution in [-0.2, 0) is 16.1 Å². The van der Waals surface area contributed by atoms with Crippen LogP contribution in [-0.4, -0.2) is 61.2 Å². The summed E-state index contributed by atoms with van der Waals surface area (Å²) >= 11 is 0. The predicted octanol–water partition coefficient (Wildman–Crippen LogP) is 4.83. The van der Waals surface area contributed by atoms with Gasteiger partial charge >= 0.3 is 18.2 Å². The van der Waals surface area contributed by atoms with Gasteiger partial charge < -0.3 is 19.9 Å². The van der Waals surface area contributed by atoms with Gasteiger partial charge in [-0.3, -0.25) is 9.59 Å². The van der Waals surface area contributed by atoms with Crippen molar-refractivity contribution in [1.82, 2.24) is 15.1 Å². The van der Waals surface area contributed by atoms with Crippen LogP contribution in [0.15, 0.2) is 66.7 Å². The third kappa shape index (κ3) is 7.21. The molecule has 0 aromatic heterocycles. The maximum Gasteiger partial charge on any atom is 0.573 e. The first-order chi connectivity index (χ1) is 19.5. The van der Waals surface area contributed by atoms with E-state index in [4.69, 9.17) is 5.26 Å². The molecule has 1 heterocycles. The molecule has 0 bridgehead atoms. The van der Waals surface area contributed by atoms with E-state index in [1.807, 2.05) is 36.4 Å². The van der Waals surface area contributed by atoms with E-state index in [1.165, 1.54) is 48.2 Å². The Morgan fingerprint density at radius 3 is 2.46 bits per heavy atom. The van der Waals surface area contributed by atoms with E-state index in [0.29, 0.717) is 12.0 Å². The zero-order chi connectivity index (χ0) is 29.7. The molecule has 1 N–H and O–H groups in total. The first kappa shape index (κ1) is 29.6. The van der Waals surface area contributed by atoms with Gasteiger partial charge in [0, 0.05) is 56.8 Å². The van der Waals surface area contributed by atoms with Gasteiger partial charge in [0.1, 0.15) is 11.6 Å². The fourth-order valence-corrected chi connectivity index (χ4v) is 4.91. The smallest absolute Gasteiger partial charge is 0.405 e. The molecular formula is C30H28F4N4O3. The van der Waals surface area contributed by atoms with Crippen LogP contribution in [0.4, 0.5) is 17.6 Å². The molecule has 0 radical (unpaired) electrons. The summed E-state index contributed by atoms with van der Waals surface area (Å²) in [6.45, 7) is 0.472. The number of hydrogen-bond donors (Lipinski definition) is 1. The van der Waals surface area contributed by atoms with Crippen LogP contribution in [0.3, 0.4) is 0 Å². The Hall–Kier alpha value is -4.43. The molecule has 3 aromatic rings. The third-order valence-corrected chi connectivity index (χ3v) is 6.97. The molecule has 2 amide bonds. The largest absolute Gasteiger partial charge is 0.573 e. The van der Waals surface area contributed by atoms with E-state index in [2.05, 4.69) is 10.1 Å². The Kier molecular flexibility index (Phi) is 8.93. The van der Waals surface area contributed by atoms with Crippen LogP contribution in [0.5, 0.6) is 5.75 Å². The number of likely N-dealkylation sites (N-methyl/N-ethyl adjacent to an activating group) is 1. The van der Waals surface area contributed by atoms with Crippen molar-refractivity contribution < 1.29 is 31.9 Å². The SMILES string of the molecule is CN(C)C(=O)C(=O)N1CC[C@H](NCc2cc(-c3ccc(C#N)cc3F)ccc2OC(F)(F)F)[C@H](c2ccccc2)C1. The summed E-state index contributed by atoms with van der Waals surface area (Å²) in [6.07, 6.45) is -4.50. The normalized spacial score (nSPS) is 17.0. The van der Waals surface area contributed by atoms with E-state index >= 15 is 0 Å². The Balaban J connectivity index is 1.62. The second-order valence-electron chi connectivity index (χ2n) is 9.92. The van der Waals surface area contributed by atoms with E-state index in [0.717, 1.165) is 17.7 Å². The highest BCUT2D eigenvalue weighted by molar-refractivity contribution is 6.34. The molecule has 0 unspecified atom stereocenters. The van der Waals surface area contributed by atoms with Gasteiger partial charge in [0.15, 0.2) is 0 Å². The van der Waals surface area contributed by atoms with Gasteiger partial charge in [0.2, 0.25) is 0 Å². The zero-order valence-corrected chi connectivity index (χ0v) is 22.4. The van der Waals surface area contributed by atoms with Gasteiger partial charge in [-0.25, -0.2) is 4.39 Å². The maximum absolute atomic E-state index is 14.7. The summed E-state index contributed by atoms with van der Waals surface area (Å²) in [4.78, 5) is 27.8. The summed E-state index contributed by atoms with van der Waals surface area (Å²) in [6, 6.07) is 18.7. The van der Waals surface area contributed by atoms with Crippen molar-refractivity contribution in [3.63, 3.8) is 0 Å². The zero-order valence-electron chi connectivity index (χ0n) is 22.4. The lowest BCUT2D eigenvalue weighted by Crippen LogP contribution is -2.52. The van der Waals surface area contributed by atoms with Crippen molar-refractivity contribution in [3.05, 3.63) is 89.2 Å². The minimum Gasteiger partial charge on any atom is -0.405 e. The molecule has 2 atom stereocenters. The van der Waals surface area contributed by atoms with Crippen LogP contribution in [0, 0.1) is 17.1 Å². The van der Waals surface area contributed by atoms with Crippen molar-refractivity contribution in [2.24, 2.45) is 0 Å². The van der Waals surface area contributed by atoms with Crippen molar-refractivity contribution in [2.75, 3.05) is 27.2 Å². The number of amides is 2. The van der Waals surface area contributed by atoms with Crippen LogP contribution < -0.4 is 10.1 Å². The molecule has 1 saturated heterocycles. The highest BCUT2D eigenvalue weighted by Crippen LogP contribution is 2.33. The number of alkyl halides is 3. The number of hydrogen-bond acceptors (Lipinski definition) is 5. The fraction of sp³-hybridized carbons (Fsp3) is 0.300. The standard InChI is InChI=1S/C30H28F4N4O3/c1-37(2)28(39)29(40)38-13-12-26(24(18-38)20-6-4-3-5-7-20)36-17-22-15-21(9-11-27(22)41-30(32,33)34)23-10-8-19(16-35)14-25(23)31/h3-11,14-15,24,26,36H,12-13,17-18H2,1-2H3/t24-,26-/m0/s1. The van der Waals surface area contributed by atoms with Crippen LogP contribution in [0.2, 0.25) is 0 Å². The molecule has 0 spiro atoms. The number of rotatable bonds is 6. The van der Waals surface area contributed by atoms with E-state index < -0.39 is 29.7 Å². The van der Waals surface area contributed by atoms with Crippen LogP contribution in [0.1, 0.15) is 29.0 Å². The predicted molar refractivity (Wildman–Crippen MR) is 143 cm³/mol. The molecule has 214 valence electrons. The average Bonchev–Trinajstić information content (AvgIpc) is 2.95. The number of likely N-dealkylation sites (tertiary alicyclic amines) is 1. The van der Waals surface area contributed by atoms with Gasteiger partial charge in [0.25, 0.3) is 0 Å². The number of piperidine rings is 1. The molecule has 1 aliphatic heterocycles. The molecule has 4 rings (SSSR count). The number of nitrogens with one attached hydrogen (secondary N) is 1. The summed E-state index contributed by atoms with van der Waals surface area (Å²) in [7, 11) is 3.00. The van der Waals surface area contributed by atoms with Gasteiger partial charge in [-0.05, 0) is 41.8 Å². The second kappa shape index (κ2) is 12.4. The van der Waals surface area contributed by atoms with Crippen LogP contribution >= 0.6 is 0 Å². The van der Waals surface area contributed by atoms with Crippen molar-refractivity contribution in [2.45, 2.75) is 31.3 Å². The minimum absolute atomic E-state index is 0.0459. The Labute approximate surface area is 234 Å². The Bertz CT molecular complexity index is 1450. The Morgan fingerprint density at radius 2 is 1.83 bits per heavy atom. The highest BCUT2D eigenvalue weighted by Gasteiger charge is 2.36. The van der Waals surface area contributed by atoms with Crippen LogP contribution in [0.25, 0.3) is 11.1 Å². The number of carbonyl (C=O) groups is 2. The summed E-state index contributed by atoms with van der Waals surface area (Å²) in [5, 5.41) is 12.3. The lowest BCUT2D eigenvalue weighted by Gasteiger charge is -2.39. The molecule has 41 heavy (non-hydrogen) atoms. The topological polar surface area (TPSA) is 85.7 Å². The van der Waals surface area contributed by atoms with Gasteiger partial charge in [-0.15, -0.1) is 13.2 Å². The van der Waals surface area contributed by atoms with Crippen molar-refractivity contribution in [3.8, 4) is 22.9 Å². The molecule has 0 aliphatic carbocycles. The molecule has 7 nitrogen and oxygen atoms in total. The lowest BCUT2D eigenvalue weighted by molar-refractivity contribution is -0.274. The minimum atomic E-state index is -4.94. The quantitative estimate of drug-likeness (QED) is 0.340. The molecular weight excluding hydrogens is 540 g/mol. The first-order valence-electron chi connectivity index (χ1n) is 12.8. The van der Waals surface area contributed by atoms with Gasteiger partial charge in [-0.1, -0.05) is 42.5 Å². The maximum atomic E-state index is 14.7. The Morgan fingerprint density at radius 1 is 1.10 bits per heavy atom.